The van der Waals surface area contributed by atoms with Gasteiger partial charge in [-0.15, -0.1) is 0 Å². The summed E-state index contributed by atoms with van der Waals surface area (Å²) in [6.07, 6.45) is 2.26. The van der Waals surface area contributed by atoms with Crippen LogP contribution in [0.3, 0.4) is 0 Å². The smallest absolute Gasteiger partial charge is 0.225 e. The minimum atomic E-state index is 0.0288. The third kappa shape index (κ3) is 5.02. The van der Waals surface area contributed by atoms with Crippen molar-refractivity contribution in [1.82, 2.24) is 4.98 Å². The number of aromatic nitrogens is 1. The number of rotatable bonds is 3. The maximum absolute atomic E-state index is 11.8. The number of amides is 1. The van der Waals surface area contributed by atoms with Crippen LogP contribution in [0.25, 0.3) is 0 Å². The van der Waals surface area contributed by atoms with Crippen molar-refractivity contribution in [3.8, 4) is 0 Å². The van der Waals surface area contributed by atoms with Crippen LogP contribution in [0.5, 0.6) is 0 Å². The summed E-state index contributed by atoms with van der Waals surface area (Å²) >= 11 is 2.19. The summed E-state index contributed by atoms with van der Waals surface area (Å²) in [7, 11) is 0. The summed E-state index contributed by atoms with van der Waals surface area (Å²) in [6, 6.07) is 3.75. The number of nitrogens with zero attached hydrogens (tertiary/aromatic N) is 1. The molecule has 0 bridgehead atoms. The van der Waals surface area contributed by atoms with Gasteiger partial charge in [0.05, 0.1) is 0 Å². The first-order valence-electron chi connectivity index (χ1n) is 5.70. The van der Waals surface area contributed by atoms with Gasteiger partial charge in [0.2, 0.25) is 5.91 Å². The molecule has 0 aliphatic heterocycles. The standard InChI is InChI=1S/C13H19IN2O/c1-9(13(2,3)4)7-12(17)16-11-6-5-10(14)8-15-11/h5-6,8-9H,7H2,1-4H3,(H,15,16,17). The molecule has 1 rings (SSSR count). The van der Waals surface area contributed by atoms with E-state index in [-0.39, 0.29) is 11.3 Å². The van der Waals surface area contributed by atoms with Crippen LogP contribution in [0.1, 0.15) is 34.1 Å². The van der Waals surface area contributed by atoms with Gasteiger partial charge in [0.15, 0.2) is 0 Å². The Labute approximate surface area is 117 Å². The summed E-state index contributed by atoms with van der Waals surface area (Å²) in [5, 5.41) is 2.82. The van der Waals surface area contributed by atoms with E-state index in [0.717, 1.165) is 3.57 Å². The van der Waals surface area contributed by atoms with E-state index in [1.807, 2.05) is 12.1 Å². The third-order valence-corrected chi connectivity index (χ3v) is 3.60. The Hall–Kier alpha value is -0.650. The molecule has 1 aromatic heterocycles. The van der Waals surface area contributed by atoms with Crippen molar-refractivity contribution in [1.29, 1.82) is 0 Å². The zero-order valence-corrected chi connectivity index (χ0v) is 12.9. The van der Waals surface area contributed by atoms with Gasteiger partial charge in [0.1, 0.15) is 5.82 Å². The van der Waals surface area contributed by atoms with Crippen molar-refractivity contribution in [3.63, 3.8) is 0 Å². The fourth-order valence-electron chi connectivity index (χ4n) is 1.23. The highest BCUT2D eigenvalue weighted by Crippen LogP contribution is 2.28. The number of carbonyl (C=O) groups is 1. The van der Waals surface area contributed by atoms with Crippen molar-refractivity contribution >= 4 is 34.3 Å². The molecular formula is C13H19IN2O. The lowest BCUT2D eigenvalue weighted by Gasteiger charge is -2.26. The summed E-state index contributed by atoms with van der Waals surface area (Å²) in [4.78, 5) is 15.9. The van der Waals surface area contributed by atoms with Gasteiger partial charge in [0, 0.05) is 16.2 Å². The molecule has 0 spiro atoms. The molecule has 0 aliphatic rings. The first-order chi connectivity index (χ1) is 7.79. The third-order valence-electron chi connectivity index (χ3n) is 2.96. The second-order valence-corrected chi connectivity index (χ2v) is 6.63. The summed E-state index contributed by atoms with van der Waals surface area (Å²) < 4.78 is 1.06. The zero-order valence-electron chi connectivity index (χ0n) is 10.7. The van der Waals surface area contributed by atoms with Crippen LogP contribution in [-0.2, 0) is 4.79 Å². The van der Waals surface area contributed by atoms with Gasteiger partial charge in [-0.3, -0.25) is 4.79 Å². The second kappa shape index (κ2) is 5.80. The van der Waals surface area contributed by atoms with Gasteiger partial charge in [0.25, 0.3) is 0 Å². The normalized spacial score (nSPS) is 13.2. The predicted octanol–water partition coefficient (Wildman–Crippen LogP) is 3.70. The molecule has 0 saturated heterocycles. The van der Waals surface area contributed by atoms with Crippen LogP contribution in [0.2, 0.25) is 0 Å². The lowest BCUT2D eigenvalue weighted by Crippen LogP contribution is -2.24. The Kier molecular flexibility index (Phi) is 4.91. The maximum Gasteiger partial charge on any atom is 0.225 e. The summed E-state index contributed by atoms with van der Waals surface area (Å²) in [6.45, 7) is 8.54. The quantitative estimate of drug-likeness (QED) is 0.848. The monoisotopic (exact) mass is 346 g/mol. The molecule has 0 fully saturated rings. The number of pyridine rings is 1. The van der Waals surface area contributed by atoms with Gasteiger partial charge in [-0.1, -0.05) is 27.7 Å². The molecule has 0 aliphatic carbocycles. The topological polar surface area (TPSA) is 42.0 Å². The van der Waals surface area contributed by atoms with Crippen molar-refractivity contribution in [2.45, 2.75) is 34.1 Å². The fourth-order valence-corrected chi connectivity index (χ4v) is 1.55. The predicted molar refractivity (Wildman–Crippen MR) is 78.8 cm³/mol. The Morgan fingerprint density at radius 1 is 1.47 bits per heavy atom. The molecule has 1 atom stereocenters. The maximum atomic E-state index is 11.8. The average molecular weight is 346 g/mol. The summed E-state index contributed by atoms with van der Waals surface area (Å²) in [5.41, 5.74) is 0.150. The van der Waals surface area contributed by atoms with E-state index in [1.54, 1.807) is 6.20 Å². The number of anilines is 1. The molecule has 1 heterocycles. The van der Waals surface area contributed by atoms with Gasteiger partial charge in [-0.25, -0.2) is 4.98 Å². The van der Waals surface area contributed by atoms with Gasteiger partial charge in [-0.2, -0.15) is 0 Å². The van der Waals surface area contributed by atoms with Crippen LogP contribution < -0.4 is 5.32 Å². The molecule has 1 N–H and O–H groups in total. The van der Waals surface area contributed by atoms with Gasteiger partial charge < -0.3 is 5.32 Å². The zero-order chi connectivity index (χ0) is 13.1. The second-order valence-electron chi connectivity index (χ2n) is 5.38. The number of nitrogens with one attached hydrogen (secondary N) is 1. The van der Waals surface area contributed by atoms with Gasteiger partial charge >= 0.3 is 0 Å². The van der Waals surface area contributed by atoms with Gasteiger partial charge in [-0.05, 0) is 46.1 Å². The molecule has 1 aromatic rings. The highest BCUT2D eigenvalue weighted by Gasteiger charge is 2.22. The number of hydrogen-bond donors (Lipinski definition) is 1. The van der Waals surface area contributed by atoms with E-state index in [1.165, 1.54) is 0 Å². The van der Waals surface area contributed by atoms with E-state index < -0.39 is 0 Å². The number of carbonyl (C=O) groups excluding carboxylic acids is 1. The molecule has 17 heavy (non-hydrogen) atoms. The lowest BCUT2D eigenvalue weighted by molar-refractivity contribution is -0.117. The van der Waals surface area contributed by atoms with E-state index >= 15 is 0 Å². The highest BCUT2D eigenvalue weighted by atomic mass is 127. The molecule has 0 radical (unpaired) electrons. The van der Waals surface area contributed by atoms with Crippen LogP contribution in [0.4, 0.5) is 5.82 Å². The largest absolute Gasteiger partial charge is 0.311 e. The van der Waals surface area contributed by atoms with E-state index in [4.69, 9.17) is 0 Å². The Morgan fingerprint density at radius 3 is 2.59 bits per heavy atom. The van der Waals surface area contributed by atoms with E-state index in [9.17, 15) is 4.79 Å². The summed E-state index contributed by atoms with van der Waals surface area (Å²) in [5.74, 6) is 0.990. The van der Waals surface area contributed by atoms with Crippen molar-refractivity contribution in [2.24, 2.45) is 11.3 Å². The minimum Gasteiger partial charge on any atom is -0.311 e. The average Bonchev–Trinajstić information content (AvgIpc) is 2.20. The number of hydrogen-bond acceptors (Lipinski definition) is 2. The Morgan fingerprint density at radius 2 is 2.12 bits per heavy atom. The van der Waals surface area contributed by atoms with Crippen LogP contribution in [-0.4, -0.2) is 10.9 Å². The van der Waals surface area contributed by atoms with Crippen molar-refractivity contribution in [2.75, 3.05) is 5.32 Å². The highest BCUT2D eigenvalue weighted by molar-refractivity contribution is 14.1. The molecular weight excluding hydrogens is 327 g/mol. The molecule has 1 amide bonds. The Bertz CT molecular complexity index is 381. The molecule has 0 aromatic carbocycles. The minimum absolute atomic E-state index is 0.0288. The molecule has 94 valence electrons. The fraction of sp³-hybridized carbons (Fsp3) is 0.538. The molecule has 1 unspecified atom stereocenters. The SMILES string of the molecule is CC(CC(=O)Nc1ccc(I)cn1)C(C)(C)C. The first kappa shape index (κ1) is 14.4. The molecule has 4 heteroatoms. The van der Waals surface area contributed by atoms with E-state index in [2.05, 4.69) is 60.6 Å². The van der Waals surface area contributed by atoms with Crippen LogP contribution in [0, 0.1) is 14.9 Å². The molecule has 3 nitrogen and oxygen atoms in total. The van der Waals surface area contributed by atoms with Crippen molar-refractivity contribution in [3.05, 3.63) is 21.9 Å². The van der Waals surface area contributed by atoms with Crippen molar-refractivity contribution < 1.29 is 4.79 Å². The first-order valence-corrected chi connectivity index (χ1v) is 6.78. The van der Waals surface area contributed by atoms with Crippen LogP contribution >= 0.6 is 22.6 Å². The number of halogens is 1. The lowest BCUT2D eigenvalue weighted by atomic mass is 9.80. The van der Waals surface area contributed by atoms with E-state index in [0.29, 0.717) is 18.2 Å². The van der Waals surface area contributed by atoms with Crippen LogP contribution in [0.15, 0.2) is 18.3 Å². The Balaban J connectivity index is 2.53. The molecule has 0 saturated carbocycles.